The van der Waals surface area contributed by atoms with Gasteiger partial charge in [-0.1, -0.05) is 25.0 Å². The number of rotatable bonds is 4. The van der Waals surface area contributed by atoms with Gasteiger partial charge in [0.2, 0.25) is 5.91 Å². The number of hydrogen-bond acceptors (Lipinski definition) is 3. The third kappa shape index (κ3) is 4.01. The van der Waals surface area contributed by atoms with Crippen molar-refractivity contribution in [2.45, 2.75) is 38.6 Å². The number of amides is 1. The fourth-order valence-electron chi connectivity index (χ4n) is 3.54. The zero-order valence-corrected chi connectivity index (χ0v) is 13.6. The van der Waals surface area contributed by atoms with Gasteiger partial charge in [0.1, 0.15) is 0 Å². The Morgan fingerprint density at radius 1 is 1.18 bits per heavy atom. The average Bonchev–Trinajstić information content (AvgIpc) is 3.01. The van der Waals surface area contributed by atoms with Crippen LogP contribution in [0.1, 0.15) is 31.2 Å². The molecule has 0 atom stereocenters. The number of aryl methyl sites for hydroxylation is 1. The molecule has 1 aliphatic heterocycles. The Bertz CT molecular complexity index is 503. The number of benzene rings is 1. The Balaban J connectivity index is 1.44. The highest BCUT2D eigenvalue weighted by molar-refractivity contribution is 5.78. The molecule has 4 heteroatoms. The molecule has 1 aromatic carbocycles. The summed E-state index contributed by atoms with van der Waals surface area (Å²) in [5.74, 6) is 0.205. The van der Waals surface area contributed by atoms with Crippen LogP contribution in [0.4, 0.5) is 5.69 Å². The second kappa shape index (κ2) is 7.14. The van der Waals surface area contributed by atoms with E-state index in [1.807, 2.05) is 0 Å². The first-order valence-corrected chi connectivity index (χ1v) is 8.54. The van der Waals surface area contributed by atoms with Gasteiger partial charge in [-0.15, -0.1) is 0 Å². The van der Waals surface area contributed by atoms with Crippen LogP contribution in [0.15, 0.2) is 24.3 Å². The number of carbonyl (C=O) groups is 1. The first-order valence-electron chi connectivity index (χ1n) is 8.54. The molecule has 1 aromatic rings. The molecule has 1 aliphatic carbocycles. The Hall–Kier alpha value is -1.55. The summed E-state index contributed by atoms with van der Waals surface area (Å²) in [6.07, 6.45) is 4.85. The lowest BCUT2D eigenvalue weighted by molar-refractivity contribution is -0.123. The van der Waals surface area contributed by atoms with E-state index in [1.165, 1.54) is 24.1 Å². The van der Waals surface area contributed by atoms with Crippen molar-refractivity contribution in [1.29, 1.82) is 0 Å². The summed E-state index contributed by atoms with van der Waals surface area (Å²) in [6, 6.07) is 9.10. The van der Waals surface area contributed by atoms with E-state index in [0.29, 0.717) is 12.6 Å². The highest BCUT2D eigenvalue weighted by Crippen LogP contribution is 2.19. The van der Waals surface area contributed by atoms with Gasteiger partial charge in [0.05, 0.1) is 6.54 Å². The SMILES string of the molecule is Cc1cccc(N2CCN(CC(=O)NC3CCCC3)CC2)c1. The van der Waals surface area contributed by atoms with Gasteiger partial charge < -0.3 is 10.2 Å². The van der Waals surface area contributed by atoms with Crippen molar-refractivity contribution in [2.24, 2.45) is 0 Å². The van der Waals surface area contributed by atoms with Crippen LogP contribution in [0.5, 0.6) is 0 Å². The molecule has 0 aromatic heterocycles. The minimum absolute atomic E-state index is 0.205. The van der Waals surface area contributed by atoms with Crippen molar-refractivity contribution in [2.75, 3.05) is 37.6 Å². The highest BCUT2D eigenvalue weighted by Gasteiger charge is 2.21. The smallest absolute Gasteiger partial charge is 0.234 e. The lowest BCUT2D eigenvalue weighted by Crippen LogP contribution is -2.50. The van der Waals surface area contributed by atoms with E-state index in [4.69, 9.17) is 0 Å². The number of piperazine rings is 1. The Morgan fingerprint density at radius 2 is 1.91 bits per heavy atom. The van der Waals surface area contributed by atoms with Crippen molar-refractivity contribution in [3.63, 3.8) is 0 Å². The molecule has 0 spiro atoms. The molecule has 1 heterocycles. The van der Waals surface area contributed by atoms with E-state index in [9.17, 15) is 4.79 Å². The van der Waals surface area contributed by atoms with Gasteiger partial charge in [0.25, 0.3) is 0 Å². The summed E-state index contributed by atoms with van der Waals surface area (Å²) in [6.45, 7) is 6.61. The molecule has 1 N–H and O–H groups in total. The van der Waals surface area contributed by atoms with Crippen molar-refractivity contribution in [1.82, 2.24) is 10.2 Å². The van der Waals surface area contributed by atoms with E-state index in [2.05, 4.69) is 46.3 Å². The van der Waals surface area contributed by atoms with Gasteiger partial charge in [0, 0.05) is 37.9 Å². The lowest BCUT2D eigenvalue weighted by atomic mass is 10.2. The number of nitrogens with one attached hydrogen (secondary N) is 1. The van der Waals surface area contributed by atoms with E-state index < -0.39 is 0 Å². The number of hydrogen-bond donors (Lipinski definition) is 1. The van der Waals surface area contributed by atoms with Gasteiger partial charge in [-0.2, -0.15) is 0 Å². The topological polar surface area (TPSA) is 35.6 Å². The van der Waals surface area contributed by atoms with Crippen LogP contribution in [-0.2, 0) is 4.79 Å². The fourth-order valence-corrected chi connectivity index (χ4v) is 3.54. The Morgan fingerprint density at radius 3 is 2.59 bits per heavy atom. The quantitative estimate of drug-likeness (QED) is 0.926. The predicted molar refractivity (Wildman–Crippen MR) is 90.2 cm³/mol. The summed E-state index contributed by atoms with van der Waals surface area (Å²) in [4.78, 5) is 16.8. The second-order valence-electron chi connectivity index (χ2n) is 6.65. The third-order valence-corrected chi connectivity index (χ3v) is 4.83. The first kappa shape index (κ1) is 15.3. The molecule has 4 nitrogen and oxygen atoms in total. The lowest BCUT2D eigenvalue weighted by Gasteiger charge is -2.36. The van der Waals surface area contributed by atoms with Gasteiger partial charge in [0.15, 0.2) is 0 Å². The van der Waals surface area contributed by atoms with Gasteiger partial charge in [-0.3, -0.25) is 9.69 Å². The monoisotopic (exact) mass is 301 g/mol. The maximum absolute atomic E-state index is 12.1. The molecule has 0 unspecified atom stereocenters. The van der Waals surface area contributed by atoms with Crippen LogP contribution in [0.2, 0.25) is 0 Å². The molecule has 1 saturated carbocycles. The fraction of sp³-hybridized carbons (Fsp3) is 0.611. The van der Waals surface area contributed by atoms with Crippen LogP contribution >= 0.6 is 0 Å². The molecule has 120 valence electrons. The summed E-state index contributed by atoms with van der Waals surface area (Å²) in [5, 5.41) is 3.18. The summed E-state index contributed by atoms with van der Waals surface area (Å²) < 4.78 is 0. The zero-order chi connectivity index (χ0) is 15.4. The van der Waals surface area contributed by atoms with E-state index >= 15 is 0 Å². The molecular weight excluding hydrogens is 274 g/mol. The van der Waals surface area contributed by atoms with Gasteiger partial charge >= 0.3 is 0 Å². The predicted octanol–water partition coefficient (Wildman–Crippen LogP) is 2.18. The summed E-state index contributed by atoms with van der Waals surface area (Å²) in [7, 11) is 0. The number of anilines is 1. The molecule has 2 aliphatic rings. The third-order valence-electron chi connectivity index (χ3n) is 4.83. The van der Waals surface area contributed by atoms with Crippen molar-refractivity contribution in [3.05, 3.63) is 29.8 Å². The van der Waals surface area contributed by atoms with Crippen LogP contribution in [0.3, 0.4) is 0 Å². The van der Waals surface area contributed by atoms with Crippen LogP contribution in [0.25, 0.3) is 0 Å². The van der Waals surface area contributed by atoms with Crippen LogP contribution < -0.4 is 10.2 Å². The molecule has 22 heavy (non-hydrogen) atoms. The van der Waals surface area contributed by atoms with Crippen LogP contribution in [-0.4, -0.2) is 49.6 Å². The molecule has 0 bridgehead atoms. The minimum Gasteiger partial charge on any atom is -0.369 e. The first-order chi connectivity index (χ1) is 10.7. The Kier molecular flexibility index (Phi) is 4.98. The molecule has 1 amide bonds. The second-order valence-corrected chi connectivity index (χ2v) is 6.65. The zero-order valence-electron chi connectivity index (χ0n) is 13.6. The summed E-state index contributed by atoms with van der Waals surface area (Å²) in [5.41, 5.74) is 2.60. The van der Waals surface area contributed by atoms with E-state index in [-0.39, 0.29) is 5.91 Å². The maximum atomic E-state index is 12.1. The minimum atomic E-state index is 0.205. The number of carbonyl (C=O) groups excluding carboxylic acids is 1. The normalized spacial score (nSPS) is 20.3. The van der Waals surface area contributed by atoms with Gasteiger partial charge in [-0.25, -0.2) is 0 Å². The van der Waals surface area contributed by atoms with Crippen molar-refractivity contribution < 1.29 is 4.79 Å². The average molecular weight is 301 g/mol. The molecule has 2 fully saturated rings. The largest absolute Gasteiger partial charge is 0.369 e. The maximum Gasteiger partial charge on any atom is 0.234 e. The highest BCUT2D eigenvalue weighted by atomic mass is 16.2. The molecule has 0 radical (unpaired) electrons. The van der Waals surface area contributed by atoms with Gasteiger partial charge in [-0.05, 0) is 37.5 Å². The molecular formula is C18H27N3O. The van der Waals surface area contributed by atoms with Crippen molar-refractivity contribution in [3.8, 4) is 0 Å². The van der Waals surface area contributed by atoms with Crippen LogP contribution in [0, 0.1) is 6.92 Å². The van der Waals surface area contributed by atoms with E-state index in [0.717, 1.165) is 39.0 Å². The standard InChI is InChI=1S/C18H27N3O/c1-15-5-4-8-17(13-15)21-11-9-20(10-12-21)14-18(22)19-16-6-2-3-7-16/h4-5,8,13,16H,2-3,6-7,9-12,14H2,1H3,(H,19,22). The molecule has 3 rings (SSSR count). The molecule has 1 saturated heterocycles. The van der Waals surface area contributed by atoms with E-state index in [1.54, 1.807) is 0 Å². The summed E-state index contributed by atoms with van der Waals surface area (Å²) >= 11 is 0. The number of nitrogens with zero attached hydrogens (tertiary/aromatic N) is 2. The Labute approximate surface area is 133 Å². The van der Waals surface area contributed by atoms with Crippen molar-refractivity contribution >= 4 is 11.6 Å².